The molecule has 2 fully saturated rings. The number of hydrogen-bond donors (Lipinski definition) is 0. The molecule has 1 aromatic rings. The van der Waals surface area contributed by atoms with E-state index in [1.165, 1.54) is 23.3 Å². The first-order valence-electron chi connectivity index (χ1n) is 12.9. The summed E-state index contributed by atoms with van der Waals surface area (Å²) in [6.45, 7) is 13.2. The second-order valence-electron chi connectivity index (χ2n) is 11.8. The Morgan fingerprint density at radius 2 is 1.71 bits per heavy atom. The molecule has 1 aromatic carbocycles. The standard InChI is InChI=1S/C29H40N2O3/c1-19(2)21-12-14-22(15-13-21)31-24(32)18-23(26(31)33)30(17-16-20-10-8-7-9-11-20)27(34)25-28(3,4)29(25,5)6/h10,12-15,19,23,25H,7-9,11,16-18H2,1-6H3. The lowest BCUT2D eigenvalue weighted by Crippen LogP contribution is -2.47. The van der Waals surface area contributed by atoms with Crippen LogP contribution in [-0.2, 0) is 14.4 Å². The zero-order valence-corrected chi connectivity index (χ0v) is 21.7. The van der Waals surface area contributed by atoms with Crippen LogP contribution < -0.4 is 4.90 Å². The van der Waals surface area contributed by atoms with Gasteiger partial charge in [-0.15, -0.1) is 0 Å². The van der Waals surface area contributed by atoms with Crippen molar-refractivity contribution in [3.8, 4) is 0 Å². The normalized spacial score (nSPS) is 23.9. The molecule has 0 radical (unpaired) electrons. The smallest absolute Gasteiger partial charge is 0.257 e. The average Bonchev–Trinajstić information content (AvgIpc) is 3.02. The van der Waals surface area contributed by atoms with E-state index in [1.807, 2.05) is 24.3 Å². The van der Waals surface area contributed by atoms with Crippen molar-refractivity contribution >= 4 is 23.4 Å². The molecule has 1 saturated carbocycles. The first-order chi connectivity index (χ1) is 16.0. The molecule has 1 heterocycles. The maximum Gasteiger partial charge on any atom is 0.257 e. The van der Waals surface area contributed by atoms with Gasteiger partial charge in [-0.05, 0) is 66.5 Å². The summed E-state index contributed by atoms with van der Waals surface area (Å²) in [6.07, 6.45) is 7.69. The van der Waals surface area contributed by atoms with Crippen molar-refractivity contribution in [2.24, 2.45) is 16.7 Å². The van der Waals surface area contributed by atoms with Gasteiger partial charge in [-0.1, -0.05) is 65.3 Å². The van der Waals surface area contributed by atoms with Gasteiger partial charge in [0.15, 0.2) is 0 Å². The number of benzene rings is 1. The van der Waals surface area contributed by atoms with E-state index in [2.05, 4.69) is 47.6 Å². The molecule has 5 nitrogen and oxygen atoms in total. The lowest BCUT2D eigenvalue weighted by atomic mass is 9.96. The number of rotatable bonds is 7. The Morgan fingerprint density at radius 1 is 1.06 bits per heavy atom. The number of carbonyl (C=O) groups is 3. The molecule has 5 heteroatoms. The fourth-order valence-corrected chi connectivity index (χ4v) is 5.93. The predicted molar refractivity (Wildman–Crippen MR) is 135 cm³/mol. The Balaban J connectivity index is 1.58. The molecule has 2 aliphatic carbocycles. The molecule has 0 aromatic heterocycles. The largest absolute Gasteiger partial charge is 0.330 e. The molecule has 3 amide bonds. The summed E-state index contributed by atoms with van der Waals surface area (Å²) < 4.78 is 0. The monoisotopic (exact) mass is 464 g/mol. The van der Waals surface area contributed by atoms with Crippen LogP contribution in [0.5, 0.6) is 0 Å². The summed E-state index contributed by atoms with van der Waals surface area (Å²) >= 11 is 0. The van der Waals surface area contributed by atoms with E-state index in [9.17, 15) is 14.4 Å². The number of hydrogen-bond acceptors (Lipinski definition) is 3. The molecule has 184 valence electrons. The van der Waals surface area contributed by atoms with Crippen molar-refractivity contribution in [2.75, 3.05) is 11.4 Å². The molecule has 0 spiro atoms. The topological polar surface area (TPSA) is 57.7 Å². The van der Waals surface area contributed by atoms with Crippen LogP contribution in [0, 0.1) is 16.7 Å². The first kappa shape index (κ1) is 24.7. The summed E-state index contributed by atoms with van der Waals surface area (Å²) in [5.41, 5.74) is 2.89. The SMILES string of the molecule is CC(C)c1ccc(N2C(=O)CC(N(CCC3=CCCCC3)C(=O)C3C(C)(C)C3(C)C)C2=O)cc1. The molecule has 1 saturated heterocycles. The van der Waals surface area contributed by atoms with E-state index >= 15 is 0 Å². The summed E-state index contributed by atoms with van der Waals surface area (Å²) in [4.78, 5) is 43.5. The fourth-order valence-electron chi connectivity index (χ4n) is 5.93. The maximum absolute atomic E-state index is 13.8. The number of amides is 3. The van der Waals surface area contributed by atoms with Gasteiger partial charge < -0.3 is 4.90 Å². The van der Waals surface area contributed by atoms with Crippen molar-refractivity contribution in [3.63, 3.8) is 0 Å². The minimum atomic E-state index is -0.721. The predicted octanol–water partition coefficient (Wildman–Crippen LogP) is 5.84. The number of imide groups is 1. The highest BCUT2D eigenvalue weighted by Crippen LogP contribution is 2.69. The number of nitrogens with zero attached hydrogens (tertiary/aromatic N) is 2. The van der Waals surface area contributed by atoms with Crippen LogP contribution >= 0.6 is 0 Å². The van der Waals surface area contributed by atoms with Gasteiger partial charge in [0.05, 0.1) is 12.1 Å². The third-order valence-electron chi connectivity index (χ3n) is 8.93. The molecule has 0 N–H and O–H groups in total. The molecule has 4 rings (SSSR count). The van der Waals surface area contributed by atoms with Crippen LogP contribution in [0.3, 0.4) is 0 Å². The molecule has 0 bridgehead atoms. The van der Waals surface area contributed by atoms with Crippen molar-refractivity contribution in [3.05, 3.63) is 41.5 Å². The lowest BCUT2D eigenvalue weighted by Gasteiger charge is -2.29. The molecule has 1 aliphatic heterocycles. The van der Waals surface area contributed by atoms with E-state index < -0.39 is 6.04 Å². The van der Waals surface area contributed by atoms with Crippen LogP contribution in [0.4, 0.5) is 5.69 Å². The highest BCUT2D eigenvalue weighted by molar-refractivity contribution is 6.23. The van der Waals surface area contributed by atoms with Gasteiger partial charge in [0, 0.05) is 12.5 Å². The summed E-state index contributed by atoms with van der Waals surface area (Å²) in [5.74, 6) is -0.239. The van der Waals surface area contributed by atoms with Gasteiger partial charge in [0.1, 0.15) is 6.04 Å². The zero-order chi connectivity index (χ0) is 24.8. The third-order valence-corrected chi connectivity index (χ3v) is 8.93. The molecule has 34 heavy (non-hydrogen) atoms. The zero-order valence-electron chi connectivity index (χ0n) is 21.7. The van der Waals surface area contributed by atoms with Gasteiger partial charge in [0.25, 0.3) is 5.91 Å². The molecule has 1 atom stereocenters. The van der Waals surface area contributed by atoms with Crippen LogP contribution in [0.2, 0.25) is 0 Å². The minimum absolute atomic E-state index is 0.0227. The second kappa shape index (κ2) is 8.98. The Kier molecular flexibility index (Phi) is 6.52. The van der Waals surface area contributed by atoms with E-state index in [0.717, 1.165) is 24.8 Å². The minimum Gasteiger partial charge on any atom is -0.330 e. The first-order valence-corrected chi connectivity index (χ1v) is 12.9. The van der Waals surface area contributed by atoms with Gasteiger partial charge >= 0.3 is 0 Å². The number of anilines is 1. The fraction of sp³-hybridized carbons (Fsp3) is 0.621. The Morgan fingerprint density at radius 3 is 2.24 bits per heavy atom. The van der Waals surface area contributed by atoms with E-state index in [1.54, 1.807) is 4.90 Å². The molecule has 1 unspecified atom stereocenters. The quantitative estimate of drug-likeness (QED) is 0.376. The van der Waals surface area contributed by atoms with Crippen LogP contribution in [0.25, 0.3) is 0 Å². The van der Waals surface area contributed by atoms with E-state index in [-0.39, 0.29) is 40.9 Å². The third kappa shape index (κ3) is 4.23. The van der Waals surface area contributed by atoms with Gasteiger partial charge in [-0.25, -0.2) is 4.90 Å². The van der Waals surface area contributed by atoms with Gasteiger partial charge in [0.2, 0.25) is 11.8 Å². The molecular formula is C29H40N2O3. The average molecular weight is 465 g/mol. The van der Waals surface area contributed by atoms with Gasteiger partial charge in [-0.3, -0.25) is 14.4 Å². The van der Waals surface area contributed by atoms with E-state index in [0.29, 0.717) is 18.2 Å². The number of allylic oxidation sites excluding steroid dienone is 1. The van der Waals surface area contributed by atoms with Crippen molar-refractivity contribution in [2.45, 2.75) is 92.0 Å². The van der Waals surface area contributed by atoms with Crippen molar-refractivity contribution in [1.82, 2.24) is 4.90 Å². The Labute approximate surface area is 204 Å². The van der Waals surface area contributed by atoms with Crippen LogP contribution in [0.1, 0.15) is 91.5 Å². The maximum atomic E-state index is 13.8. The van der Waals surface area contributed by atoms with Crippen molar-refractivity contribution < 1.29 is 14.4 Å². The summed E-state index contributed by atoms with van der Waals surface area (Å²) in [6, 6.07) is 6.92. The molecule has 3 aliphatic rings. The lowest BCUT2D eigenvalue weighted by molar-refractivity contribution is -0.140. The van der Waals surface area contributed by atoms with Crippen LogP contribution in [0.15, 0.2) is 35.9 Å². The second-order valence-corrected chi connectivity index (χ2v) is 11.8. The van der Waals surface area contributed by atoms with Gasteiger partial charge in [-0.2, -0.15) is 0 Å². The van der Waals surface area contributed by atoms with E-state index in [4.69, 9.17) is 0 Å². The highest BCUT2D eigenvalue weighted by Gasteiger charge is 2.69. The Bertz CT molecular complexity index is 989. The molecular weight excluding hydrogens is 424 g/mol. The highest BCUT2D eigenvalue weighted by atomic mass is 16.2. The summed E-state index contributed by atoms with van der Waals surface area (Å²) in [5, 5.41) is 0. The van der Waals surface area contributed by atoms with Crippen LogP contribution in [-0.4, -0.2) is 35.2 Å². The number of carbonyl (C=O) groups excluding carboxylic acids is 3. The summed E-state index contributed by atoms with van der Waals surface area (Å²) in [7, 11) is 0. The Hall–Kier alpha value is -2.43. The van der Waals surface area contributed by atoms with Crippen molar-refractivity contribution in [1.29, 1.82) is 0 Å².